The summed E-state index contributed by atoms with van der Waals surface area (Å²) in [5.74, 6) is -1.34. The summed E-state index contributed by atoms with van der Waals surface area (Å²) in [6.07, 6.45) is 0. The first-order valence-electron chi connectivity index (χ1n) is 4.18. The first kappa shape index (κ1) is 9.97. The second-order valence-corrected chi connectivity index (χ2v) is 3.34. The Bertz CT molecular complexity index is 484. The van der Waals surface area contributed by atoms with Crippen molar-refractivity contribution in [1.82, 2.24) is 8.75 Å². The predicted molar refractivity (Wildman–Crippen MR) is 54.8 cm³/mol. The summed E-state index contributed by atoms with van der Waals surface area (Å²) < 4.78 is 34.2. The third kappa shape index (κ3) is 1.68. The van der Waals surface area contributed by atoms with Gasteiger partial charge < -0.3 is 5.32 Å². The summed E-state index contributed by atoms with van der Waals surface area (Å²) in [5.41, 5.74) is 0.451. The Morgan fingerprint density at radius 1 is 1.27 bits per heavy atom. The molecule has 0 saturated heterocycles. The van der Waals surface area contributed by atoms with Gasteiger partial charge in [-0.05, 0) is 12.1 Å². The van der Waals surface area contributed by atoms with Crippen molar-refractivity contribution >= 4 is 17.5 Å². The van der Waals surface area contributed by atoms with Gasteiger partial charge in [-0.25, -0.2) is 8.78 Å². The molecule has 0 saturated carbocycles. The fraction of sp³-hybridized carbons (Fsp3) is 0.111. The van der Waals surface area contributed by atoms with Crippen molar-refractivity contribution in [3.63, 3.8) is 0 Å². The molecular formula is C9H7F2N3S. The van der Waals surface area contributed by atoms with Crippen LogP contribution in [0.25, 0.3) is 11.3 Å². The molecule has 1 aromatic carbocycles. The van der Waals surface area contributed by atoms with Crippen molar-refractivity contribution in [1.29, 1.82) is 0 Å². The maximum Gasteiger partial charge on any atom is 0.168 e. The van der Waals surface area contributed by atoms with Gasteiger partial charge in [0.05, 0.1) is 11.7 Å². The van der Waals surface area contributed by atoms with Gasteiger partial charge in [0.2, 0.25) is 0 Å². The van der Waals surface area contributed by atoms with Crippen molar-refractivity contribution in [2.45, 2.75) is 0 Å². The van der Waals surface area contributed by atoms with Crippen LogP contribution >= 0.6 is 11.7 Å². The van der Waals surface area contributed by atoms with Crippen molar-refractivity contribution in [3.8, 4) is 11.3 Å². The fourth-order valence-corrected chi connectivity index (χ4v) is 1.78. The normalized spacial score (nSPS) is 10.3. The van der Waals surface area contributed by atoms with Crippen molar-refractivity contribution < 1.29 is 8.78 Å². The molecule has 0 aliphatic heterocycles. The van der Waals surface area contributed by atoms with Gasteiger partial charge >= 0.3 is 0 Å². The summed E-state index contributed by atoms with van der Waals surface area (Å²) in [7, 11) is 1.65. The minimum absolute atomic E-state index is 0.119. The number of halogens is 2. The van der Waals surface area contributed by atoms with Crippen LogP contribution < -0.4 is 5.32 Å². The molecule has 2 rings (SSSR count). The Kier molecular flexibility index (Phi) is 2.59. The van der Waals surface area contributed by atoms with E-state index in [-0.39, 0.29) is 5.56 Å². The second-order valence-electron chi connectivity index (χ2n) is 2.81. The molecule has 6 heteroatoms. The molecule has 0 radical (unpaired) electrons. The van der Waals surface area contributed by atoms with Gasteiger partial charge in [0, 0.05) is 12.6 Å². The maximum atomic E-state index is 13.4. The van der Waals surface area contributed by atoms with Gasteiger partial charge in [-0.1, -0.05) is 6.07 Å². The van der Waals surface area contributed by atoms with Crippen molar-refractivity contribution in [2.75, 3.05) is 12.4 Å². The molecule has 1 heterocycles. The molecule has 0 spiro atoms. The van der Waals surface area contributed by atoms with Gasteiger partial charge in [0.1, 0.15) is 5.69 Å². The number of aromatic nitrogens is 2. The van der Waals surface area contributed by atoms with Gasteiger partial charge in [0.15, 0.2) is 17.5 Å². The van der Waals surface area contributed by atoms with Crippen molar-refractivity contribution in [3.05, 3.63) is 29.8 Å². The first-order valence-corrected chi connectivity index (χ1v) is 4.91. The Labute approximate surface area is 89.1 Å². The maximum absolute atomic E-state index is 13.4. The van der Waals surface area contributed by atoms with Crippen LogP contribution in [0.5, 0.6) is 0 Å². The molecule has 0 amide bonds. The lowest BCUT2D eigenvalue weighted by Crippen LogP contribution is -1.94. The SMILES string of the molecule is CNc1nsnc1-c1cccc(F)c1F. The highest BCUT2D eigenvalue weighted by molar-refractivity contribution is 6.99. The van der Waals surface area contributed by atoms with E-state index in [9.17, 15) is 8.78 Å². The van der Waals surface area contributed by atoms with Gasteiger partial charge in [-0.15, -0.1) is 0 Å². The average molecular weight is 227 g/mol. The van der Waals surface area contributed by atoms with Crippen LogP contribution in [0.2, 0.25) is 0 Å². The minimum Gasteiger partial charge on any atom is -0.370 e. The van der Waals surface area contributed by atoms with E-state index in [1.807, 2.05) is 0 Å². The molecular weight excluding hydrogens is 220 g/mol. The average Bonchev–Trinajstić information content (AvgIpc) is 2.70. The zero-order chi connectivity index (χ0) is 10.8. The molecule has 1 aromatic heterocycles. The van der Waals surface area contributed by atoms with Crippen LogP contribution in [0.3, 0.4) is 0 Å². The molecule has 3 nitrogen and oxygen atoms in total. The highest BCUT2D eigenvalue weighted by atomic mass is 32.1. The van der Waals surface area contributed by atoms with E-state index in [0.717, 1.165) is 17.8 Å². The molecule has 0 bridgehead atoms. The lowest BCUT2D eigenvalue weighted by molar-refractivity contribution is 0.511. The largest absolute Gasteiger partial charge is 0.370 e. The topological polar surface area (TPSA) is 37.8 Å². The van der Waals surface area contributed by atoms with E-state index in [2.05, 4.69) is 14.1 Å². The number of nitrogens with zero attached hydrogens (tertiary/aromatic N) is 2. The molecule has 0 aliphatic carbocycles. The Hall–Kier alpha value is -1.56. The van der Waals surface area contributed by atoms with Crippen LogP contribution in [-0.2, 0) is 0 Å². The predicted octanol–water partition coefficient (Wildman–Crippen LogP) is 2.53. The molecule has 0 aliphatic rings. The van der Waals surface area contributed by atoms with E-state index in [0.29, 0.717) is 11.5 Å². The Morgan fingerprint density at radius 3 is 2.80 bits per heavy atom. The molecule has 15 heavy (non-hydrogen) atoms. The number of anilines is 1. The molecule has 0 atom stereocenters. The van der Waals surface area contributed by atoms with E-state index < -0.39 is 11.6 Å². The molecule has 1 N–H and O–H groups in total. The standard InChI is InChI=1S/C9H7F2N3S/c1-12-9-8(13-15-14-9)5-3-2-4-6(10)7(5)11/h2-4H,1H3,(H,12,14). The van der Waals surface area contributed by atoms with Crippen molar-refractivity contribution in [2.24, 2.45) is 0 Å². The highest BCUT2D eigenvalue weighted by Crippen LogP contribution is 2.28. The monoisotopic (exact) mass is 227 g/mol. The van der Waals surface area contributed by atoms with Crippen LogP contribution in [0.1, 0.15) is 0 Å². The van der Waals surface area contributed by atoms with E-state index in [1.54, 1.807) is 7.05 Å². The van der Waals surface area contributed by atoms with E-state index in [1.165, 1.54) is 12.1 Å². The van der Waals surface area contributed by atoms with Crippen LogP contribution in [0.4, 0.5) is 14.6 Å². The zero-order valence-electron chi connectivity index (χ0n) is 7.79. The summed E-state index contributed by atoms with van der Waals surface area (Å²) in [6.45, 7) is 0. The van der Waals surface area contributed by atoms with E-state index >= 15 is 0 Å². The third-order valence-electron chi connectivity index (χ3n) is 1.93. The van der Waals surface area contributed by atoms with Crippen LogP contribution in [0, 0.1) is 11.6 Å². The van der Waals surface area contributed by atoms with Crippen LogP contribution in [0.15, 0.2) is 18.2 Å². The molecule has 0 fully saturated rings. The number of benzene rings is 1. The quantitative estimate of drug-likeness (QED) is 0.856. The zero-order valence-corrected chi connectivity index (χ0v) is 8.61. The lowest BCUT2D eigenvalue weighted by atomic mass is 10.1. The summed E-state index contributed by atoms with van der Waals surface area (Å²) in [4.78, 5) is 0. The summed E-state index contributed by atoms with van der Waals surface area (Å²) in [6, 6.07) is 3.97. The van der Waals surface area contributed by atoms with Gasteiger partial charge in [-0.2, -0.15) is 8.75 Å². The number of nitrogens with one attached hydrogen (secondary N) is 1. The second kappa shape index (κ2) is 3.90. The highest BCUT2D eigenvalue weighted by Gasteiger charge is 2.15. The number of rotatable bonds is 2. The Morgan fingerprint density at radius 2 is 2.07 bits per heavy atom. The summed E-state index contributed by atoms with van der Waals surface area (Å²) >= 11 is 0.949. The number of hydrogen-bond acceptors (Lipinski definition) is 4. The minimum atomic E-state index is -0.901. The molecule has 78 valence electrons. The first-order chi connectivity index (χ1) is 7.24. The number of hydrogen-bond donors (Lipinski definition) is 1. The van der Waals surface area contributed by atoms with E-state index in [4.69, 9.17) is 0 Å². The molecule has 2 aromatic rings. The summed E-state index contributed by atoms with van der Waals surface area (Å²) in [5, 5.41) is 2.77. The third-order valence-corrected chi connectivity index (χ3v) is 2.46. The lowest BCUT2D eigenvalue weighted by Gasteiger charge is -2.02. The van der Waals surface area contributed by atoms with Crippen LogP contribution in [-0.4, -0.2) is 15.8 Å². The molecule has 0 unspecified atom stereocenters. The fourth-order valence-electron chi connectivity index (χ4n) is 1.22. The van der Waals surface area contributed by atoms with Gasteiger partial charge in [0.25, 0.3) is 0 Å². The Balaban J connectivity index is 2.59. The smallest absolute Gasteiger partial charge is 0.168 e. The van der Waals surface area contributed by atoms with Gasteiger partial charge in [-0.3, -0.25) is 0 Å².